The standard InChI is InChI=1S/C25H27N7O/c1-6-27-25(33)22-11-26-10-21(17(22)4)19-7-8-23-20(9-19)24(31-30-23)18(5)29-16(3)13-32-12-15(2)28-14-32/h7-12,14H,5-6,13H2,1-4H3,(H,27,33)(H,30,31). The van der Waals surface area contributed by atoms with Crippen LogP contribution in [0.2, 0.25) is 0 Å². The van der Waals surface area contributed by atoms with Crippen molar-refractivity contribution in [2.45, 2.75) is 34.2 Å². The number of benzene rings is 1. The van der Waals surface area contributed by atoms with Crippen LogP contribution >= 0.6 is 0 Å². The van der Waals surface area contributed by atoms with Gasteiger partial charge in [0.05, 0.1) is 35.3 Å². The third kappa shape index (κ3) is 4.59. The number of fused-ring (bicyclic) bond motifs is 1. The summed E-state index contributed by atoms with van der Waals surface area (Å²) in [4.78, 5) is 25.6. The van der Waals surface area contributed by atoms with E-state index < -0.39 is 0 Å². The van der Waals surface area contributed by atoms with E-state index in [0.717, 1.165) is 39.0 Å². The molecule has 0 radical (unpaired) electrons. The van der Waals surface area contributed by atoms with E-state index in [2.05, 4.69) is 37.1 Å². The number of carbonyl (C=O) groups excluding carboxylic acids is 1. The van der Waals surface area contributed by atoms with Gasteiger partial charge in [-0.15, -0.1) is 0 Å². The van der Waals surface area contributed by atoms with Crippen LogP contribution in [-0.2, 0) is 6.54 Å². The van der Waals surface area contributed by atoms with Crippen LogP contribution in [0.4, 0.5) is 0 Å². The van der Waals surface area contributed by atoms with Crippen LogP contribution in [0.5, 0.6) is 0 Å². The van der Waals surface area contributed by atoms with Gasteiger partial charge in [0, 0.05) is 41.8 Å². The van der Waals surface area contributed by atoms with Gasteiger partial charge in [-0.25, -0.2) is 4.98 Å². The molecule has 0 fully saturated rings. The Labute approximate surface area is 192 Å². The lowest BCUT2D eigenvalue weighted by atomic mass is 9.97. The molecular weight excluding hydrogens is 414 g/mol. The van der Waals surface area contributed by atoms with Gasteiger partial charge >= 0.3 is 0 Å². The summed E-state index contributed by atoms with van der Waals surface area (Å²) in [5.41, 5.74) is 7.32. The molecule has 2 N–H and O–H groups in total. The first-order chi connectivity index (χ1) is 15.9. The van der Waals surface area contributed by atoms with E-state index in [4.69, 9.17) is 0 Å². The average molecular weight is 442 g/mol. The number of carbonyl (C=O) groups is 1. The summed E-state index contributed by atoms with van der Waals surface area (Å²) >= 11 is 0. The molecule has 3 aromatic heterocycles. The number of hydrogen-bond acceptors (Lipinski definition) is 5. The van der Waals surface area contributed by atoms with E-state index in [1.807, 2.05) is 56.7 Å². The second-order valence-electron chi connectivity index (χ2n) is 8.03. The molecule has 0 aliphatic rings. The molecule has 0 bridgehead atoms. The molecule has 1 aromatic carbocycles. The van der Waals surface area contributed by atoms with E-state index in [1.54, 1.807) is 18.7 Å². The second-order valence-corrected chi connectivity index (χ2v) is 8.03. The lowest BCUT2D eigenvalue weighted by Crippen LogP contribution is -2.23. The number of nitrogens with one attached hydrogen (secondary N) is 2. The van der Waals surface area contributed by atoms with E-state index >= 15 is 0 Å². The first-order valence-corrected chi connectivity index (χ1v) is 10.8. The van der Waals surface area contributed by atoms with Gasteiger partial charge in [-0.1, -0.05) is 12.6 Å². The highest BCUT2D eigenvalue weighted by Gasteiger charge is 2.15. The SMILES string of the molecule is C=C(N=C(C)Cn1cnc(C)c1)c1n[nH]c2ccc(-c3cncc(C(=O)NCC)c3C)cc12. The predicted molar refractivity (Wildman–Crippen MR) is 131 cm³/mol. The Kier molecular flexibility index (Phi) is 6.17. The maximum Gasteiger partial charge on any atom is 0.253 e. The molecular formula is C25H27N7O. The van der Waals surface area contributed by atoms with Crippen molar-refractivity contribution >= 4 is 28.2 Å². The monoisotopic (exact) mass is 441 g/mol. The van der Waals surface area contributed by atoms with Crippen molar-refractivity contribution in [3.63, 3.8) is 0 Å². The van der Waals surface area contributed by atoms with Crippen molar-refractivity contribution in [1.29, 1.82) is 0 Å². The van der Waals surface area contributed by atoms with E-state index in [-0.39, 0.29) is 5.91 Å². The molecule has 0 aliphatic carbocycles. The Morgan fingerprint density at radius 1 is 1.27 bits per heavy atom. The van der Waals surface area contributed by atoms with Crippen LogP contribution < -0.4 is 5.32 Å². The van der Waals surface area contributed by atoms with Crippen LogP contribution in [-0.4, -0.2) is 42.9 Å². The number of aliphatic imine (C=N–C) groups is 1. The highest BCUT2D eigenvalue weighted by Crippen LogP contribution is 2.30. The minimum Gasteiger partial charge on any atom is -0.352 e. The average Bonchev–Trinajstić information content (AvgIpc) is 3.39. The van der Waals surface area contributed by atoms with E-state index in [1.165, 1.54) is 0 Å². The zero-order valence-corrected chi connectivity index (χ0v) is 19.3. The van der Waals surface area contributed by atoms with Gasteiger partial charge in [-0.3, -0.25) is 19.9 Å². The smallest absolute Gasteiger partial charge is 0.253 e. The normalized spacial score (nSPS) is 11.7. The molecule has 1 amide bonds. The van der Waals surface area contributed by atoms with Crippen molar-refractivity contribution < 1.29 is 4.79 Å². The van der Waals surface area contributed by atoms with Gasteiger partial charge < -0.3 is 9.88 Å². The van der Waals surface area contributed by atoms with Crippen LogP contribution in [0, 0.1) is 13.8 Å². The highest BCUT2D eigenvalue weighted by molar-refractivity contribution is 5.99. The van der Waals surface area contributed by atoms with Gasteiger partial charge in [0.25, 0.3) is 5.91 Å². The largest absolute Gasteiger partial charge is 0.352 e. The van der Waals surface area contributed by atoms with Gasteiger partial charge in [-0.2, -0.15) is 5.10 Å². The van der Waals surface area contributed by atoms with Gasteiger partial charge in [0.2, 0.25) is 0 Å². The van der Waals surface area contributed by atoms with Gasteiger partial charge in [-0.05, 0) is 51.0 Å². The van der Waals surface area contributed by atoms with Crippen molar-refractivity contribution in [3.05, 3.63) is 72.2 Å². The number of nitrogens with zero attached hydrogens (tertiary/aromatic N) is 5. The van der Waals surface area contributed by atoms with Crippen LogP contribution in [0.3, 0.4) is 0 Å². The van der Waals surface area contributed by atoms with Gasteiger partial charge in [0.15, 0.2) is 0 Å². The second kappa shape index (κ2) is 9.20. The molecule has 0 atom stereocenters. The van der Waals surface area contributed by atoms with Crippen LogP contribution in [0.15, 0.2) is 54.7 Å². The van der Waals surface area contributed by atoms with Crippen molar-refractivity contribution in [2.75, 3.05) is 6.54 Å². The Bertz CT molecular complexity index is 1380. The number of aromatic nitrogens is 5. The predicted octanol–water partition coefficient (Wildman–Crippen LogP) is 4.32. The summed E-state index contributed by atoms with van der Waals surface area (Å²) in [7, 11) is 0. The molecule has 0 aliphatic heterocycles. The quantitative estimate of drug-likeness (QED) is 0.417. The number of amides is 1. The molecule has 168 valence electrons. The molecule has 8 nitrogen and oxygen atoms in total. The first kappa shape index (κ1) is 22.1. The number of hydrogen-bond donors (Lipinski definition) is 2. The van der Waals surface area contributed by atoms with E-state index in [0.29, 0.717) is 30.0 Å². The Hall–Kier alpha value is -4.07. The molecule has 33 heavy (non-hydrogen) atoms. The van der Waals surface area contributed by atoms with Crippen LogP contribution in [0.1, 0.15) is 41.2 Å². The molecule has 0 saturated heterocycles. The van der Waals surface area contributed by atoms with E-state index in [9.17, 15) is 4.79 Å². The molecule has 8 heteroatoms. The van der Waals surface area contributed by atoms with Gasteiger partial charge in [0.1, 0.15) is 5.69 Å². The minimum absolute atomic E-state index is 0.124. The third-order valence-corrected chi connectivity index (χ3v) is 5.44. The number of rotatable bonds is 7. The zero-order chi connectivity index (χ0) is 23.5. The zero-order valence-electron chi connectivity index (χ0n) is 19.3. The van der Waals surface area contributed by atoms with Crippen molar-refractivity contribution in [3.8, 4) is 11.1 Å². The summed E-state index contributed by atoms with van der Waals surface area (Å²) in [6.45, 7) is 13.1. The number of H-pyrrole nitrogens is 1. The Morgan fingerprint density at radius 2 is 2.09 bits per heavy atom. The molecule has 3 heterocycles. The summed E-state index contributed by atoms with van der Waals surface area (Å²) in [6.07, 6.45) is 7.15. The topological polar surface area (TPSA) is 101 Å². The first-order valence-electron chi connectivity index (χ1n) is 10.8. The Balaban J connectivity index is 1.67. The fourth-order valence-corrected chi connectivity index (χ4v) is 3.84. The van der Waals surface area contributed by atoms with Crippen molar-refractivity contribution in [2.24, 2.45) is 4.99 Å². The maximum absolute atomic E-state index is 12.4. The summed E-state index contributed by atoms with van der Waals surface area (Å²) < 4.78 is 1.99. The maximum atomic E-state index is 12.4. The third-order valence-electron chi connectivity index (χ3n) is 5.44. The Morgan fingerprint density at radius 3 is 2.82 bits per heavy atom. The summed E-state index contributed by atoms with van der Waals surface area (Å²) in [6, 6.07) is 6.00. The lowest BCUT2D eigenvalue weighted by Gasteiger charge is -2.11. The van der Waals surface area contributed by atoms with Crippen molar-refractivity contribution in [1.82, 2.24) is 30.0 Å². The highest BCUT2D eigenvalue weighted by atomic mass is 16.1. The molecule has 0 saturated carbocycles. The number of pyridine rings is 1. The molecule has 0 unspecified atom stereocenters. The van der Waals surface area contributed by atoms with Crippen LogP contribution in [0.25, 0.3) is 27.7 Å². The number of aromatic amines is 1. The number of aryl methyl sites for hydroxylation is 1. The molecule has 4 rings (SSSR count). The molecule has 4 aromatic rings. The fraction of sp³-hybridized carbons (Fsp3) is 0.240. The number of imidazole rings is 1. The lowest BCUT2D eigenvalue weighted by molar-refractivity contribution is 0.0955. The minimum atomic E-state index is -0.124. The molecule has 0 spiro atoms. The summed E-state index contributed by atoms with van der Waals surface area (Å²) in [5, 5.41) is 11.3. The summed E-state index contributed by atoms with van der Waals surface area (Å²) in [5.74, 6) is -0.124. The fourth-order valence-electron chi connectivity index (χ4n) is 3.84.